The van der Waals surface area contributed by atoms with E-state index in [2.05, 4.69) is 50.9 Å². The number of nitrogens with one attached hydrogen (secondary N) is 2. The van der Waals surface area contributed by atoms with Gasteiger partial charge in [-0.15, -0.1) is 0 Å². The van der Waals surface area contributed by atoms with Gasteiger partial charge >= 0.3 is 0 Å². The Labute approximate surface area is 307 Å². The molecule has 0 radical (unpaired) electrons. The van der Waals surface area contributed by atoms with E-state index in [1.807, 2.05) is 101 Å². The van der Waals surface area contributed by atoms with Crippen molar-refractivity contribution in [2.24, 2.45) is 0 Å². The molecule has 4 heterocycles. The van der Waals surface area contributed by atoms with Crippen molar-refractivity contribution in [3.05, 3.63) is 157 Å². The Morgan fingerprint density at radius 1 is 0.736 bits per heavy atom. The van der Waals surface area contributed by atoms with E-state index < -0.39 is 0 Å². The van der Waals surface area contributed by atoms with Crippen molar-refractivity contribution in [2.75, 3.05) is 10.6 Å². The number of pyridine rings is 2. The van der Waals surface area contributed by atoms with Crippen LogP contribution in [0.3, 0.4) is 0 Å². The molecule has 0 fully saturated rings. The molecule has 2 amide bonds. The summed E-state index contributed by atoms with van der Waals surface area (Å²) in [5.41, 5.74) is 9.88. The number of benzene rings is 3. The monoisotopic (exact) mass is 698 g/mol. The summed E-state index contributed by atoms with van der Waals surface area (Å²) < 4.78 is 3.76. The van der Waals surface area contributed by atoms with Gasteiger partial charge in [-0.2, -0.15) is 0 Å². The highest BCUT2D eigenvalue weighted by atomic mass is 16.2. The summed E-state index contributed by atoms with van der Waals surface area (Å²) >= 11 is 0. The predicted octanol–water partition coefficient (Wildman–Crippen LogP) is 7.73. The Morgan fingerprint density at radius 2 is 1.45 bits per heavy atom. The largest absolute Gasteiger partial charge is 0.325 e. The van der Waals surface area contributed by atoms with E-state index in [-0.39, 0.29) is 30.8 Å². The van der Waals surface area contributed by atoms with Gasteiger partial charge in [0, 0.05) is 41.2 Å². The first-order chi connectivity index (χ1) is 26.0. The van der Waals surface area contributed by atoms with Gasteiger partial charge < -0.3 is 19.8 Å². The van der Waals surface area contributed by atoms with E-state index in [9.17, 15) is 9.59 Å². The van der Waals surface area contributed by atoms with Crippen molar-refractivity contribution in [1.29, 1.82) is 0 Å². The molecule has 10 heteroatoms. The predicted molar refractivity (Wildman–Crippen MR) is 206 cm³/mol. The number of rotatable bonds is 10. The van der Waals surface area contributed by atoms with Gasteiger partial charge in [-0.05, 0) is 84.7 Å². The van der Waals surface area contributed by atoms with Crippen LogP contribution in [0.4, 0.5) is 11.5 Å². The molecule has 0 saturated heterocycles. The van der Waals surface area contributed by atoms with Crippen LogP contribution in [0, 0.1) is 6.92 Å². The molecule has 0 bridgehead atoms. The molecule has 1 atom stereocenters. The third-order valence-electron chi connectivity index (χ3n) is 9.75. The van der Waals surface area contributed by atoms with Gasteiger partial charge in [-0.25, -0.2) is 15.0 Å². The standard InChI is InChI=1S/C43H38N8O2/c1-29-36(32-10-6-3-7-11-32)18-21-40(47-29)49-42(53)27-51-28-46-38-24-33(15-20-39(38)51)34-14-19-37(45-25-34)43-44-22-23-50(43)26-41(52)48-35-16-12-31(13-17-35)30-8-4-2-5-9-30/h2-14,16-19,21-23,25,28,33H,15,20,24,26-27H2,1H3,(H,48,52)(H,47,49,53). The molecule has 7 aromatic rings. The molecule has 2 N–H and O–H groups in total. The van der Waals surface area contributed by atoms with Crippen LogP contribution >= 0.6 is 0 Å². The van der Waals surface area contributed by atoms with Crippen LogP contribution in [0.2, 0.25) is 0 Å². The summed E-state index contributed by atoms with van der Waals surface area (Å²) in [6.45, 7) is 2.24. The number of amides is 2. The van der Waals surface area contributed by atoms with Crippen molar-refractivity contribution in [2.45, 2.75) is 45.2 Å². The third-order valence-corrected chi connectivity index (χ3v) is 9.75. The van der Waals surface area contributed by atoms with Crippen LogP contribution in [0.15, 0.2) is 134 Å². The number of hydrogen-bond donors (Lipinski definition) is 2. The van der Waals surface area contributed by atoms with Crippen LogP contribution in [0.5, 0.6) is 0 Å². The summed E-state index contributed by atoms with van der Waals surface area (Å²) in [5, 5.41) is 5.94. The molecule has 0 spiro atoms. The zero-order valence-electron chi connectivity index (χ0n) is 29.3. The number of anilines is 2. The quantitative estimate of drug-likeness (QED) is 0.151. The smallest absolute Gasteiger partial charge is 0.245 e. The molecular formula is C43H38N8O2. The van der Waals surface area contributed by atoms with Crippen molar-refractivity contribution >= 4 is 23.3 Å². The number of imidazole rings is 2. The Hall–Kier alpha value is -6.68. The molecule has 0 saturated carbocycles. The minimum Gasteiger partial charge on any atom is -0.325 e. The molecule has 10 nitrogen and oxygen atoms in total. The number of carbonyl (C=O) groups is 2. The van der Waals surface area contributed by atoms with Crippen molar-refractivity contribution in [1.82, 2.24) is 29.1 Å². The van der Waals surface area contributed by atoms with E-state index in [4.69, 9.17) is 9.97 Å². The highest BCUT2D eigenvalue weighted by Gasteiger charge is 2.25. The number of fused-ring (bicyclic) bond motifs is 1. The topological polar surface area (TPSA) is 120 Å². The molecule has 1 aliphatic carbocycles. The zero-order valence-corrected chi connectivity index (χ0v) is 29.3. The second kappa shape index (κ2) is 14.9. The Bertz CT molecular complexity index is 2370. The lowest BCUT2D eigenvalue weighted by atomic mass is 9.85. The van der Waals surface area contributed by atoms with Crippen LogP contribution in [-0.2, 0) is 35.5 Å². The van der Waals surface area contributed by atoms with Crippen LogP contribution in [0.25, 0.3) is 33.8 Å². The van der Waals surface area contributed by atoms with E-state index in [0.717, 1.165) is 69.8 Å². The molecule has 3 aromatic carbocycles. The SMILES string of the molecule is Cc1nc(NC(=O)Cn2cnc3c2CCC(c2ccc(-c4nccn4CC(=O)Nc4ccc(-c5ccccc5)cc4)nc2)C3)ccc1-c1ccccc1. The molecule has 262 valence electrons. The average Bonchev–Trinajstić information content (AvgIpc) is 3.82. The lowest BCUT2D eigenvalue weighted by Gasteiger charge is -2.23. The van der Waals surface area contributed by atoms with Gasteiger partial charge in [0.25, 0.3) is 0 Å². The minimum atomic E-state index is -0.146. The van der Waals surface area contributed by atoms with Crippen LogP contribution < -0.4 is 10.6 Å². The first kappa shape index (κ1) is 33.5. The fourth-order valence-corrected chi connectivity index (χ4v) is 7.05. The molecule has 8 rings (SSSR count). The highest BCUT2D eigenvalue weighted by Crippen LogP contribution is 2.33. The second-order valence-electron chi connectivity index (χ2n) is 13.3. The second-order valence-corrected chi connectivity index (χ2v) is 13.3. The summed E-state index contributed by atoms with van der Waals surface area (Å²) in [5.74, 6) is 1.14. The number of nitrogens with zero attached hydrogens (tertiary/aromatic N) is 6. The molecule has 1 aliphatic rings. The van der Waals surface area contributed by atoms with Gasteiger partial charge in [0.05, 0.1) is 12.0 Å². The Kier molecular flexibility index (Phi) is 9.40. The fraction of sp³-hybridized carbons (Fsp3) is 0.163. The first-order valence-electron chi connectivity index (χ1n) is 17.8. The van der Waals surface area contributed by atoms with Gasteiger partial charge in [0.15, 0.2) is 5.82 Å². The number of carbonyl (C=O) groups excluding carboxylic acids is 2. The van der Waals surface area contributed by atoms with E-state index in [0.29, 0.717) is 17.3 Å². The van der Waals surface area contributed by atoms with Crippen LogP contribution in [-0.4, -0.2) is 40.9 Å². The van der Waals surface area contributed by atoms with Crippen LogP contribution in [0.1, 0.15) is 35.0 Å². The fourth-order valence-electron chi connectivity index (χ4n) is 7.05. The Morgan fingerprint density at radius 3 is 2.19 bits per heavy atom. The Balaban J connectivity index is 0.862. The van der Waals surface area contributed by atoms with Crippen molar-refractivity contribution in [3.8, 4) is 33.8 Å². The van der Waals surface area contributed by atoms with E-state index in [1.165, 1.54) is 0 Å². The zero-order chi connectivity index (χ0) is 36.1. The summed E-state index contributed by atoms with van der Waals surface area (Å²) in [7, 11) is 0. The minimum absolute atomic E-state index is 0.113. The van der Waals surface area contributed by atoms with Gasteiger partial charge in [0.1, 0.15) is 24.6 Å². The maximum Gasteiger partial charge on any atom is 0.245 e. The molecule has 1 unspecified atom stereocenters. The summed E-state index contributed by atoms with van der Waals surface area (Å²) in [6, 6.07) is 36.0. The normalized spacial score (nSPS) is 13.6. The molecule has 0 aliphatic heterocycles. The van der Waals surface area contributed by atoms with Crippen molar-refractivity contribution in [3.63, 3.8) is 0 Å². The number of aryl methyl sites for hydroxylation is 1. The van der Waals surface area contributed by atoms with Gasteiger partial charge in [0.2, 0.25) is 11.8 Å². The summed E-state index contributed by atoms with van der Waals surface area (Å²) in [4.78, 5) is 44.6. The first-order valence-corrected chi connectivity index (χ1v) is 17.8. The number of aromatic nitrogens is 6. The highest BCUT2D eigenvalue weighted by molar-refractivity contribution is 5.91. The number of hydrogen-bond acceptors (Lipinski definition) is 6. The van der Waals surface area contributed by atoms with E-state index >= 15 is 0 Å². The third kappa shape index (κ3) is 7.52. The van der Waals surface area contributed by atoms with E-state index in [1.54, 1.807) is 18.7 Å². The van der Waals surface area contributed by atoms with Gasteiger partial charge in [-0.1, -0.05) is 78.9 Å². The average molecular weight is 699 g/mol. The lowest BCUT2D eigenvalue weighted by molar-refractivity contribution is -0.117. The maximum atomic E-state index is 13.0. The molecule has 53 heavy (non-hydrogen) atoms. The maximum absolute atomic E-state index is 13.0. The molecular weight excluding hydrogens is 661 g/mol. The van der Waals surface area contributed by atoms with Gasteiger partial charge in [-0.3, -0.25) is 14.6 Å². The lowest BCUT2D eigenvalue weighted by Crippen LogP contribution is -2.22. The van der Waals surface area contributed by atoms with Crippen molar-refractivity contribution < 1.29 is 9.59 Å². The summed E-state index contributed by atoms with van der Waals surface area (Å²) in [6.07, 6.45) is 9.65. The molecule has 4 aromatic heterocycles.